The maximum absolute atomic E-state index is 11.0. The van der Waals surface area contributed by atoms with Gasteiger partial charge in [-0.25, -0.2) is 4.98 Å². The Kier molecular flexibility index (Phi) is 3.58. The molecule has 1 aromatic heterocycles. The highest BCUT2D eigenvalue weighted by Gasteiger charge is 2.15. The van der Waals surface area contributed by atoms with Crippen LogP contribution in [0.25, 0.3) is 33.7 Å². The van der Waals surface area contributed by atoms with E-state index in [9.17, 15) is 9.90 Å². The lowest BCUT2D eigenvalue weighted by Crippen LogP contribution is -1.88. The van der Waals surface area contributed by atoms with E-state index in [-0.39, 0.29) is 11.3 Å². The maximum atomic E-state index is 11.0. The second-order valence-corrected chi connectivity index (χ2v) is 5.86. The lowest BCUT2D eigenvalue weighted by Gasteiger charge is -2.09. The quantitative estimate of drug-likeness (QED) is 0.538. The highest BCUT2D eigenvalue weighted by molar-refractivity contribution is 5.89. The summed E-state index contributed by atoms with van der Waals surface area (Å²) < 4.78 is 5.82. The minimum atomic E-state index is -0.111. The van der Waals surface area contributed by atoms with Gasteiger partial charge in [0, 0.05) is 11.6 Å². The van der Waals surface area contributed by atoms with Crippen LogP contribution in [0.4, 0.5) is 0 Å². The molecule has 0 aliphatic rings. The molecule has 0 saturated carbocycles. The molecule has 0 fully saturated rings. The lowest BCUT2D eigenvalue weighted by atomic mass is 9.96. The summed E-state index contributed by atoms with van der Waals surface area (Å²) in [5, 5.41) is 9.82. The Balaban J connectivity index is 1.88. The average Bonchev–Trinajstić information content (AvgIpc) is 3.04. The summed E-state index contributed by atoms with van der Waals surface area (Å²) in [6.45, 7) is 2.03. The van der Waals surface area contributed by atoms with Gasteiger partial charge >= 0.3 is 0 Å². The monoisotopic (exact) mass is 329 g/mol. The van der Waals surface area contributed by atoms with Crippen molar-refractivity contribution in [2.24, 2.45) is 0 Å². The number of rotatable bonds is 3. The second kappa shape index (κ2) is 5.91. The molecule has 122 valence electrons. The van der Waals surface area contributed by atoms with Gasteiger partial charge in [-0.05, 0) is 35.7 Å². The van der Waals surface area contributed by atoms with Gasteiger partial charge in [-0.2, -0.15) is 0 Å². The van der Waals surface area contributed by atoms with Crippen LogP contribution in [-0.4, -0.2) is 16.4 Å². The minimum absolute atomic E-state index is 0.111. The van der Waals surface area contributed by atoms with Crippen LogP contribution in [0.15, 0.2) is 65.1 Å². The Hall–Kier alpha value is -3.40. The number of phenolic OH excluding ortho intramolecular Hbond substituents is 1. The smallest absolute Gasteiger partial charge is 0.227 e. The van der Waals surface area contributed by atoms with Crippen molar-refractivity contribution < 1.29 is 14.3 Å². The molecule has 4 nitrogen and oxygen atoms in total. The van der Waals surface area contributed by atoms with Crippen molar-refractivity contribution in [1.82, 2.24) is 4.98 Å². The maximum Gasteiger partial charge on any atom is 0.227 e. The number of oxazole rings is 1. The van der Waals surface area contributed by atoms with E-state index in [0.717, 1.165) is 22.3 Å². The zero-order valence-electron chi connectivity index (χ0n) is 13.6. The normalized spacial score (nSPS) is 10.9. The molecule has 0 radical (unpaired) electrons. The first kappa shape index (κ1) is 15.1. The summed E-state index contributed by atoms with van der Waals surface area (Å²) in [5.74, 6) is 0.354. The van der Waals surface area contributed by atoms with Crippen LogP contribution < -0.4 is 0 Å². The third-order valence-electron chi connectivity index (χ3n) is 4.31. The Labute approximate surface area is 144 Å². The average molecular weight is 329 g/mol. The van der Waals surface area contributed by atoms with E-state index >= 15 is 0 Å². The van der Waals surface area contributed by atoms with Crippen molar-refractivity contribution in [1.29, 1.82) is 0 Å². The molecule has 4 aromatic rings. The van der Waals surface area contributed by atoms with Crippen LogP contribution in [0.1, 0.15) is 15.9 Å². The third kappa shape index (κ3) is 2.58. The number of nitrogens with zero attached hydrogens (tertiary/aromatic N) is 1. The van der Waals surface area contributed by atoms with Crippen LogP contribution in [0.5, 0.6) is 5.75 Å². The Morgan fingerprint density at radius 3 is 2.52 bits per heavy atom. The molecule has 0 saturated heterocycles. The number of phenols is 1. The van der Waals surface area contributed by atoms with Crippen molar-refractivity contribution in [2.75, 3.05) is 0 Å². The molecule has 1 N–H and O–H groups in total. The van der Waals surface area contributed by atoms with E-state index in [1.807, 2.05) is 37.3 Å². The summed E-state index contributed by atoms with van der Waals surface area (Å²) in [7, 11) is 0. The van der Waals surface area contributed by atoms with Crippen molar-refractivity contribution in [3.05, 3.63) is 71.8 Å². The number of benzene rings is 3. The van der Waals surface area contributed by atoms with Crippen molar-refractivity contribution >= 4 is 17.4 Å². The van der Waals surface area contributed by atoms with Crippen molar-refractivity contribution in [2.45, 2.75) is 6.92 Å². The Morgan fingerprint density at radius 1 is 1.00 bits per heavy atom. The number of carbonyl (C=O) groups excluding carboxylic acids is 1. The number of aldehydes is 1. The Morgan fingerprint density at radius 2 is 1.76 bits per heavy atom. The summed E-state index contributed by atoms with van der Waals surface area (Å²) in [6, 6.07) is 19.1. The van der Waals surface area contributed by atoms with Crippen molar-refractivity contribution in [3.8, 4) is 28.3 Å². The zero-order chi connectivity index (χ0) is 17.4. The summed E-state index contributed by atoms with van der Waals surface area (Å²) >= 11 is 0. The molecule has 4 rings (SSSR count). The van der Waals surface area contributed by atoms with E-state index in [1.165, 1.54) is 12.1 Å². The highest BCUT2D eigenvalue weighted by Crippen LogP contribution is 2.34. The second-order valence-electron chi connectivity index (χ2n) is 5.86. The van der Waals surface area contributed by atoms with E-state index < -0.39 is 0 Å². The fraction of sp³-hybridized carbons (Fsp3) is 0.0476. The summed E-state index contributed by atoms with van der Waals surface area (Å²) in [5.41, 5.74) is 5.35. The molecular weight excluding hydrogens is 314 g/mol. The minimum Gasteiger partial charge on any atom is -0.507 e. The summed E-state index contributed by atoms with van der Waals surface area (Å²) in [4.78, 5) is 15.5. The van der Waals surface area contributed by atoms with Gasteiger partial charge < -0.3 is 9.52 Å². The molecule has 0 spiro atoms. The number of aromatic nitrogens is 1. The van der Waals surface area contributed by atoms with Gasteiger partial charge in [0.1, 0.15) is 11.3 Å². The molecule has 25 heavy (non-hydrogen) atoms. The topological polar surface area (TPSA) is 63.3 Å². The summed E-state index contributed by atoms with van der Waals surface area (Å²) in [6.07, 6.45) is 0.602. The molecule has 3 aromatic carbocycles. The van der Waals surface area contributed by atoms with Gasteiger partial charge in [-0.1, -0.05) is 42.5 Å². The molecule has 0 bridgehead atoms. The molecule has 0 atom stereocenters. The first-order valence-corrected chi connectivity index (χ1v) is 7.91. The SMILES string of the molecule is Cc1c(-c2ccccc2)cccc1-c1nc2cc(C=O)c(O)cc2o1. The molecule has 0 aliphatic heterocycles. The Bertz CT molecular complexity index is 1080. The van der Waals surface area contributed by atoms with Crippen LogP contribution in [0, 0.1) is 6.92 Å². The van der Waals surface area contributed by atoms with Crippen LogP contribution in [-0.2, 0) is 0 Å². The van der Waals surface area contributed by atoms with E-state index in [2.05, 4.69) is 23.2 Å². The molecule has 0 unspecified atom stereocenters. The molecule has 4 heteroatoms. The largest absolute Gasteiger partial charge is 0.507 e. The molecule has 0 amide bonds. The van der Waals surface area contributed by atoms with Gasteiger partial charge in [0.25, 0.3) is 0 Å². The first-order chi connectivity index (χ1) is 12.2. The number of hydrogen-bond acceptors (Lipinski definition) is 4. The highest BCUT2D eigenvalue weighted by atomic mass is 16.3. The van der Waals surface area contributed by atoms with Gasteiger partial charge in [0.15, 0.2) is 11.9 Å². The third-order valence-corrected chi connectivity index (χ3v) is 4.31. The van der Waals surface area contributed by atoms with Gasteiger partial charge in [0.05, 0.1) is 5.56 Å². The van der Waals surface area contributed by atoms with Gasteiger partial charge in [-0.15, -0.1) is 0 Å². The van der Waals surface area contributed by atoms with Gasteiger partial charge in [0.2, 0.25) is 5.89 Å². The van der Waals surface area contributed by atoms with E-state index in [1.54, 1.807) is 0 Å². The lowest BCUT2D eigenvalue weighted by molar-refractivity contribution is 0.112. The molecular formula is C21H15NO3. The predicted molar refractivity (Wildman–Crippen MR) is 96.7 cm³/mol. The van der Waals surface area contributed by atoms with E-state index in [0.29, 0.717) is 23.3 Å². The fourth-order valence-electron chi connectivity index (χ4n) is 2.99. The number of fused-ring (bicyclic) bond motifs is 1. The molecule has 1 heterocycles. The predicted octanol–water partition coefficient (Wildman–Crippen LogP) is 4.99. The van der Waals surface area contributed by atoms with Crippen LogP contribution in [0.3, 0.4) is 0 Å². The number of carbonyl (C=O) groups is 1. The standard InChI is InChI=1S/C21H15NO3/c1-13-16(14-6-3-2-4-7-14)8-5-9-17(13)21-22-18-10-15(12-23)19(24)11-20(18)25-21/h2-12,24H,1H3. The van der Waals surface area contributed by atoms with Crippen molar-refractivity contribution in [3.63, 3.8) is 0 Å². The van der Waals surface area contributed by atoms with Crippen LogP contribution >= 0.6 is 0 Å². The number of hydrogen-bond donors (Lipinski definition) is 1. The number of aromatic hydroxyl groups is 1. The molecule has 0 aliphatic carbocycles. The zero-order valence-corrected chi connectivity index (χ0v) is 13.6. The first-order valence-electron chi connectivity index (χ1n) is 7.91. The van der Waals surface area contributed by atoms with Crippen LogP contribution in [0.2, 0.25) is 0 Å². The van der Waals surface area contributed by atoms with E-state index in [4.69, 9.17) is 4.42 Å². The fourth-order valence-corrected chi connectivity index (χ4v) is 2.99. The van der Waals surface area contributed by atoms with Gasteiger partial charge in [-0.3, -0.25) is 4.79 Å².